The van der Waals surface area contributed by atoms with Gasteiger partial charge in [-0.05, 0) is 43.9 Å². The Labute approximate surface area is 155 Å². The van der Waals surface area contributed by atoms with E-state index in [-0.39, 0.29) is 18.0 Å². The molecule has 1 aromatic rings. The number of rotatable bonds is 7. The highest BCUT2D eigenvalue weighted by molar-refractivity contribution is 5.91. The quantitative estimate of drug-likeness (QED) is 0.694. The van der Waals surface area contributed by atoms with Crippen LogP contribution in [0.2, 0.25) is 0 Å². The normalized spacial score (nSPS) is 15.3. The fourth-order valence-electron chi connectivity index (χ4n) is 3.02. The third-order valence-electron chi connectivity index (χ3n) is 4.47. The van der Waals surface area contributed by atoms with Crippen molar-refractivity contribution in [1.82, 2.24) is 15.5 Å². The van der Waals surface area contributed by atoms with Gasteiger partial charge in [0, 0.05) is 25.7 Å². The van der Waals surface area contributed by atoms with Gasteiger partial charge in [0.05, 0.1) is 19.3 Å². The number of anilines is 1. The van der Waals surface area contributed by atoms with Gasteiger partial charge in [-0.1, -0.05) is 13.0 Å². The molecule has 1 aromatic carbocycles. The number of aryl methyl sites for hydroxylation is 1. The van der Waals surface area contributed by atoms with Crippen LogP contribution in [0.15, 0.2) is 18.2 Å². The molecule has 1 aliphatic heterocycles. The summed E-state index contributed by atoms with van der Waals surface area (Å²) in [4.78, 5) is 26.2. The predicted octanol–water partition coefficient (Wildman–Crippen LogP) is 2.12. The number of amides is 3. The monoisotopic (exact) mass is 362 g/mol. The molecule has 2 rings (SSSR count). The van der Waals surface area contributed by atoms with Gasteiger partial charge >= 0.3 is 6.03 Å². The van der Waals surface area contributed by atoms with Crippen LogP contribution in [-0.4, -0.2) is 56.2 Å². The van der Waals surface area contributed by atoms with Crippen LogP contribution in [0, 0.1) is 6.92 Å². The Kier molecular flexibility index (Phi) is 7.72. The lowest BCUT2D eigenvalue weighted by Gasteiger charge is -2.31. The van der Waals surface area contributed by atoms with Gasteiger partial charge in [0.2, 0.25) is 5.91 Å². The van der Waals surface area contributed by atoms with Crippen LogP contribution >= 0.6 is 0 Å². The van der Waals surface area contributed by atoms with Crippen molar-refractivity contribution < 1.29 is 14.3 Å². The first kappa shape index (κ1) is 20.0. The number of nitrogens with one attached hydrogen (secondary N) is 3. The zero-order valence-electron chi connectivity index (χ0n) is 15.9. The Balaban J connectivity index is 1.76. The Bertz CT molecular complexity index is 613. The molecule has 7 heteroatoms. The number of hydrogen-bond donors (Lipinski definition) is 3. The van der Waals surface area contributed by atoms with Crippen LogP contribution in [0.1, 0.15) is 31.7 Å². The Morgan fingerprint density at radius 3 is 2.65 bits per heavy atom. The maximum Gasteiger partial charge on any atom is 0.319 e. The van der Waals surface area contributed by atoms with Crippen LogP contribution in [0.3, 0.4) is 0 Å². The number of ether oxygens (including phenoxy) is 1. The van der Waals surface area contributed by atoms with Crippen LogP contribution in [-0.2, 0) is 4.79 Å². The first-order chi connectivity index (χ1) is 12.5. The third kappa shape index (κ3) is 6.22. The lowest BCUT2D eigenvalue weighted by molar-refractivity contribution is -0.122. The van der Waals surface area contributed by atoms with Crippen molar-refractivity contribution in [3.63, 3.8) is 0 Å². The second-order valence-electron chi connectivity index (χ2n) is 6.70. The molecule has 0 unspecified atom stereocenters. The minimum absolute atomic E-state index is 0.0718. The second-order valence-corrected chi connectivity index (χ2v) is 6.70. The first-order valence-electron chi connectivity index (χ1n) is 9.23. The molecule has 144 valence electrons. The lowest BCUT2D eigenvalue weighted by atomic mass is 10.1. The predicted molar refractivity (Wildman–Crippen MR) is 103 cm³/mol. The zero-order valence-corrected chi connectivity index (χ0v) is 15.9. The van der Waals surface area contributed by atoms with Gasteiger partial charge in [-0.2, -0.15) is 0 Å². The molecule has 0 aliphatic carbocycles. The maximum atomic E-state index is 12.3. The molecule has 0 bridgehead atoms. The van der Waals surface area contributed by atoms with E-state index in [1.807, 2.05) is 32.0 Å². The largest absolute Gasteiger partial charge is 0.495 e. The van der Waals surface area contributed by atoms with Crippen molar-refractivity contribution in [2.45, 2.75) is 39.2 Å². The van der Waals surface area contributed by atoms with Crippen LogP contribution in [0.5, 0.6) is 5.75 Å². The van der Waals surface area contributed by atoms with E-state index in [4.69, 9.17) is 4.74 Å². The number of piperidine rings is 1. The average molecular weight is 362 g/mol. The summed E-state index contributed by atoms with van der Waals surface area (Å²) in [7, 11) is 1.58. The SMILES string of the molecule is CCCNC(=O)CN1CCC(NC(=O)Nc2cc(C)ccc2OC)CC1. The van der Waals surface area contributed by atoms with E-state index in [9.17, 15) is 9.59 Å². The molecular formula is C19H30N4O3. The highest BCUT2D eigenvalue weighted by atomic mass is 16.5. The van der Waals surface area contributed by atoms with Gasteiger partial charge in [-0.3, -0.25) is 9.69 Å². The summed E-state index contributed by atoms with van der Waals surface area (Å²) in [6, 6.07) is 5.55. The number of likely N-dealkylation sites (tertiary alicyclic amines) is 1. The van der Waals surface area contributed by atoms with E-state index in [0.717, 1.165) is 44.5 Å². The van der Waals surface area contributed by atoms with Crippen LogP contribution in [0.25, 0.3) is 0 Å². The summed E-state index contributed by atoms with van der Waals surface area (Å²) in [5.74, 6) is 0.709. The number of methoxy groups -OCH3 is 1. The smallest absolute Gasteiger partial charge is 0.319 e. The van der Waals surface area contributed by atoms with E-state index in [0.29, 0.717) is 18.0 Å². The van der Waals surface area contributed by atoms with Crippen molar-refractivity contribution in [3.05, 3.63) is 23.8 Å². The first-order valence-corrected chi connectivity index (χ1v) is 9.23. The fraction of sp³-hybridized carbons (Fsp3) is 0.579. The fourth-order valence-corrected chi connectivity index (χ4v) is 3.02. The molecule has 0 atom stereocenters. The van der Waals surface area contributed by atoms with E-state index < -0.39 is 0 Å². The third-order valence-corrected chi connectivity index (χ3v) is 4.47. The van der Waals surface area contributed by atoms with Gasteiger partial charge in [0.25, 0.3) is 0 Å². The standard InChI is InChI=1S/C19H30N4O3/c1-4-9-20-18(24)13-23-10-7-15(8-11-23)21-19(25)22-16-12-14(2)5-6-17(16)26-3/h5-6,12,15H,4,7-11,13H2,1-3H3,(H,20,24)(H2,21,22,25). The van der Waals surface area contributed by atoms with Gasteiger partial charge in [0.1, 0.15) is 5.75 Å². The Morgan fingerprint density at radius 2 is 2.00 bits per heavy atom. The van der Waals surface area contributed by atoms with Gasteiger partial charge in [-0.15, -0.1) is 0 Å². The molecule has 26 heavy (non-hydrogen) atoms. The Morgan fingerprint density at radius 1 is 1.27 bits per heavy atom. The number of hydrogen-bond acceptors (Lipinski definition) is 4. The molecular weight excluding hydrogens is 332 g/mol. The molecule has 0 spiro atoms. The van der Waals surface area contributed by atoms with Gasteiger partial charge in [-0.25, -0.2) is 4.79 Å². The van der Waals surface area contributed by atoms with E-state index >= 15 is 0 Å². The minimum Gasteiger partial charge on any atom is -0.495 e. The minimum atomic E-state index is -0.229. The number of nitrogens with zero attached hydrogens (tertiary/aromatic N) is 1. The molecule has 1 aliphatic rings. The van der Waals surface area contributed by atoms with Crippen molar-refractivity contribution in [3.8, 4) is 5.75 Å². The maximum absolute atomic E-state index is 12.3. The zero-order chi connectivity index (χ0) is 18.9. The molecule has 3 N–H and O–H groups in total. The van der Waals surface area contributed by atoms with Crippen molar-refractivity contribution in [2.75, 3.05) is 38.6 Å². The summed E-state index contributed by atoms with van der Waals surface area (Å²) >= 11 is 0. The van der Waals surface area contributed by atoms with Crippen molar-refractivity contribution >= 4 is 17.6 Å². The molecule has 1 heterocycles. The number of carbonyl (C=O) groups excluding carboxylic acids is 2. The van der Waals surface area contributed by atoms with Crippen LogP contribution in [0.4, 0.5) is 10.5 Å². The van der Waals surface area contributed by atoms with Crippen molar-refractivity contribution in [1.29, 1.82) is 0 Å². The molecule has 1 fully saturated rings. The van der Waals surface area contributed by atoms with Gasteiger partial charge in [0.15, 0.2) is 0 Å². The van der Waals surface area contributed by atoms with E-state index in [1.165, 1.54) is 0 Å². The molecule has 7 nitrogen and oxygen atoms in total. The second kappa shape index (κ2) is 10.0. The number of carbonyl (C=O) groups is 2. The molecule has 3 amide bonds. The summed E-state index contributed by atoms with van der Waals surface area (Å²) in [6.07, 6.45) is 2.61. The summed E-state index contributed by atoms with van der Waals surface area (Å²) in [6.45, 7) is 6.76. The molecule has 1 saturated heterocycles. The van der Waals surface area contributed by atoms with Gasteiger partial charge < -0.3 is 20.7 Å². The van der Waals surface area contributed by atoms with Crippen molar-refractivity contribution in [2.24, 2.45) is 0 Å². The average Bonchev–Trinajstić information content (AvgIpc) is 2.62. The Hall–Kier alpha value is -2.28. The van der Waals surface area contributed by atoms with Crippen LogP contribution < -0.4 is 20.7 Å². The summed E-state index contributed by atoms with van der Waals surface area (Å²) < 4.78 is 5.28. The van der Waals surface area contributed by atoms with E-state index in [2.05, 4.69) is 20.9 Å². The topological polar surface area (TPSA) is 82.7 Å². The lowest BCUT2D eigenvalue weighted by Crippen LogP contribution is -2.48. The van der Waals surface area contributed by atoms with E-state index in [1.54, 1.807) is 7.11 Å². The molecule has 0 radical (unpaired) electrons. The highest BCUT2D eigenvalue weighted by Gasteiger charge is 2.22. The number of urea groups is 1. The summed E-state index contributed by atoms with van der Waals surface area (Å²) in [5.41, 5.74) is 1.71. The highest BCUT2D eigenvalue weighted by Crippen LogP contribution is 2.25. The molecule has 0 aromatic heterocycles. The number of benzene rings is 1. The summed E-state index contributed by atoms with van der Waals surface area (Å²) in [5, 5.41) is 8.77. The molecule has 0 saturated carbocycles.